The monoisotopic (exact) mass is 300 g/mol. The molecule has 1 aliphatic rings. The lowest BCUT2D eigenvalue weighted by atomic mass is 9.96. The Labute approximate surface area is 121 Å². The number of benzene rings is 1. The molecule has 1 aliphatic heterocycles. The zero-order valence-electron chi connectivity index (χ0n) is 11.7. The van der Waals surface area contributed by atoms with E-state index in [2.05, 4.69) is 0 Å². The lowest BCUT2D eigenvalue weighted by Crippen LogP contribution is -2.42. The molecule has 1 aromatic carbocycles. The van der Waals surface area contributed by atoms with Crippen molar-refractivity contribution in [2.24, 2.45) is 5.92 Å². The first-order chi connectivity index (χ1) is 9.86. The first-order valence-electron chi connectivity index (χ1n) is 7.05. The number of nitrogen functional groups attached to an aromatic ring is 1. The first-order valence-corrected chi connectivity index (χ1v) is 7.05. The quantitative estimate of drug-likeness (QED) is 0.872. The summed E-state index contributed by atoms with van der Waals surface area (Å²) in [6.07, 6.45) is -3.26. The van der Waals surface area contributed by atoms with Crippen molar-refractivity contribution in [1.29, 1.82) is 0 Å². The van der Waals surface area contributed by atoms with Gasteiger partial charge < -0.3 is 10.6 Å². The molecule has 21 heavy (non-hydrogen) atoms. The van der Waals surface area contributed by atoms with E-state index < -0.39 is 12.1 Å². The molecule has 1 fully saturated rings. The Hall–Kier alpha value is -1.72. The van der Waals surface area contributed by atoms with E-state index in [1.807, 2.05) is 18.2 Å². The number of piperidine rings is 1. The minimum Gasteiger partial charge on any atom is -0.399 e. The van der Waals surface area contributed by atoms with Gasteiger partial charge in [-0.3, -0.25) is 4.79 Å². The number of hydrogen-bond donors (Lipinski definition) is 1. The van der Waals surface area contributed by atoms with Gasteiger partial charge in [0.25, 0.3) is 0 Å². The van der Waals surface area contributed by atoms with Crippen molar-refractivity contribution >= 4 is 11.6 Å². The molecule has 1 heterocycles. The van der Waals surface area contributed by atoms with Gasteiger partial charge in [0, 0.05) is 25.2 Å². The molecule has 1 aromatic rings. The van der Waals surface area contributed by atoms with Crippen LogP contribution in [0.3, 0.4) is 0 Å². The van der Waals surface area contributed by atoms with Crippen molar-refractivity contribution in [3.05, 3.63) is 29.8 Å². The van der Waals surface area contributed by atoms with E-state index in [1.165, 1.54) is 4.90 Å². The summed E-state index contributed by atoms with van der Waals surface area (Å²) in [5.41, 5.74) is 7.27. The van der Waals surface area contributed by atoms with Crippen LogP contribution in [0.25, 0.3) is 0 Å². The molecular formula is C15H19F3N2O. The predicted molar refractivity (Wildman–Crippen MR) is 74.5 cm³/mol. The van der Waals surface area contributed by atoms with Crippen LogP contribution in [0, 0.1) is 5.92 Å². The zero-order chi connectivity index (χ0) is 15.5. The summed E-state index contributed by atoms with van der Waals surface area (Å²) in [7, 11) is 0. The van der Waals surface area contributed by atoms with Crippen LogP contribution in [0.15, 0.2) is 24.3 Å². The van der Waals surface area contributed by atoms with Crippen LogP contribution in [-0.2, 0) is 11.2 Å². The van der Waals surface area contributed by atoms with E-state index in [1.54, 1.807) is 6.07 Å². The fourth-order valence-electron chi connectivity index (χ4n) is 2.61. The minimum atomic E-state index is -4.14. The molecule has 0 radical (unpaired) electrons. The molecule has 0 aliphatic carbocycles. The number of aryl methyl sites for hydroxylation is 1. The average molecular weight is 300 g/mol. The number of amides is 1. The largest absolute Gasteiger partial charge is 0.399 e. The van der Waals surface area contributed by atoms with Gasteiger partial charge in [0.1, 0.15) is 0 Å². The highest BCUT2D eigenvalue weighted by Gasteiger charge is 2.41. The number of rotatable bonds is 3. The maximum atomic E-state index is 12.6. The summed E-state index contributed by atoms with van der Waals surface area (Å²) in [5, 5.41) is 0. The fourth-order valence-corrected chi connectivity index (χ4v) is 2.61. The molecule has 1 saturated heterocycles. The van der Waals surface area contributed by atoms with E-state index >= 15 is 0 Å². The molecule has 116 valence electrons. The highest BCUT2D eigenvalue weighted by atomic mass is 19.4. The molecule has 0 atom stereocenters. The molecule has 2 N–H and O–H groups in total. The second kappa shape index (κ2) is 6.37. The lowest BCUT2D eigenvalue weighted by molar-refractivity contribution is -0.186. The summed E-state index contributed by atoms with van der Waals surface area (Å²) < 4.78 is 37.7. The third-order valence-electron chi connectivity index (χ3n) is 3.89. The van der Waals surface area contributed by atoms with Crippen molar-refractivity contribution < 1.29 is 18.0 Å². The number of nitrogens with zero attached hydrogens (tertiary/aromatic N) is 1. The summed E-state index contributed by atoms with van der Waals surface area (Å²) in [6, 6.07) is 7.29. The molecule has 0 spiro atoms. The van der Waals surface area contributed by atoms with Gasteiger partial charge in [0.05, 0.1) is 5.92 Å². The van der Waals surface area contributed by atoms with Gasteiger partial charge in [0.15, 0.2) is 0 Å². The number of anilines is 1. The molecular weight excluding hydrogens is 281 g/mol. The second-order valence-corrected chi connectivity index (χ2v) is 5.44. The lowest BCUT2D eigenvalue weighted by Gasteiger charge is -2.33. The SMILES string of the molecule is Nc1cccc(CCC(=O)N2CCC(C(F)(F)F)CC2)c1. The Bertz CT molecular complexity index is 494. The van der Waals surface area contributed by atoms with Gasteiger partial charge in [-0.15, -0.1) is 0 Å². The molecule has 3 nitrogen and oxygen atoms in total. The van der Waals surface area contributed by atoms with Crippen LogP contribution < -0.4 is 5.73 Å². The number of carbonyl (C=O) groups is 1. The number of hydrogen-bond acceptors (Lipinski definition) is 2. The summed E-state index contributed by atoms with van der Waals surface area (Å²) >= 11 is 0. The Kier molecular flexibility index (Phi) is 4.75. The molecule has 0 bridgehead atoms. The van der Waals surface area contributed by atoms with Crippen molar-refractivity contribution in [2.45, 2.75) is 31.9 Å². The van der Waals surface area contributed by atoms with Gasteiger partial charge in [0.2, 0.25) is 5.91 Å². The summed E-state index contributed by atoms with van der Waals surface area (Å²) in [6.45, 7) is 0.389. The maximum Gasteiger partial charge on any atom is 0.391 e. The smallest absolute Gasteiger partial charge is 0.391 e. The number of carbonyl (C=O) groups excluding carboxylic acids is 1. The van der Waals surface area contributed by atoms with Gasteiger partial charge in [-0.05, 0) is 37.0 Å². The number of alkyl halides is 3. The van der Waals surface area contributed by atoms with Crippen LogP contribution in [0.5, 0.6) is 0 Å². The number of nitrogens with two attached hydrogens (primary N) is 1. The standard InChI is InChI=1S/C15H19F3N2O/c16-15(17,18)12-6-8-20(9-7-12)14(21)5-4-11-2-1-3-13(19)10-11/h1-3,10,12H,4-9,19H2. The van der Waals surface area contributed by atoms with Crippen molar-refractivity contribution in [3.63, 3.8) is 0 Å². The molecule has 0 aromatic heterocycles. The Balaban J connectivity index is 1.80. The number of likely N-dealkylation sites (tertiary alicyclic amines) is 1. The topological polar surface area (TPSA) is 46.3 Å². The Morgan fingerprint density at radius 2 is 1.95 bits per heavy atom. The Morgan fingerprint density at radius 1 is 1.29 bits per heavy atom. The molecule has 0 unspecified atom stereocenters. The zero-order valence-corrected chi connectivity index (χ0v) is 11.7. The normalized spacial score (nSPS) is 17.0. The average Bonchev–Trinajstić information content (AvgIpc) is 2.44. The number of halogens is 3. The molecule has 6 heteroatoms. The van der Waals surface area contributed by atoms with E-state index in [0.717, 1.165) is 5.56 Å². The third kappa shape index (κ3) is 4.37. The highest BCUT2D eigenvalue weighted by Crippen LogP contribution is 2.34. The molecule has 1 amide bonds. The predicted octanol–water partition coefficient (Wildman–Crippen LogP) is 3.00. The van der Waals surface area contributed by atoms with Crippen LogP contribution in [0.4, 0.5) is 18.9 Å². The summed E-state index contributed by atoms with van der Waals surface area (Å²) in [5.74, 6) is -1.35. The van der Waals surface area contributed by atoms with Gasteiger partial charge in [-0.25, -0.2) is 0 Å². The van der Waals surface area contributed by atoms with Gasteiger partial charge in [-0.2, -0.15) is 13.2 Å². The summed E-state index contributed by atoms with van der Waals surface area (Å²) in [4.78, 5) is 13.6. The van der Waals surface area contributed by atoms with E-state index in [0.29, 0.717) is 18.5 Å². The van der Waals surface area contributed by atoms with Crippen LogP contribution in [-0.4, -0.2) is 30.1 Å². The van der Waals surface area contributed by atoms with Crippen LogP contribution in [0.2, 0.25) is 0 Å². The van der Waals surface area contributed by atoms with Crippen molar-refractivity contribution in [2.75, 3.05) is 18.8 Å². The minimum absolute atomic E-state index is 0.00747. The van der Waals surface area contributed by atoms with Crippen molar-refractivity contribution in [3.8, 4) is 0 Å². The van der Waals surface area contributed by atoms with E-state index in [4.69, 9.17) is 5.73 Å². The molecule has 0 saturated carbocycles. The maximum absolute atomic E-state index is 12.6. The molecule has 2 rings (SSSR count). The van der Waals surface area contributed by atoms with Gasteiger partial charge >= 0.3 is 6.18 Å². The van der Waals surface area contributed by atoms with Crippen LogP contribution in [0.1, 0.15) is 24.8 Å². The second-order valence-electron chi connectivity index (χ2n) is 5.44. The van der Waals surface area contributed by atoms with Crippen LogP contribution >= 0.6 is 0 Å². The van der Waals surface area contributed by atoms with E-state index in [-0.39, 0.29) is 31.8 Å². The van der Waals surface area contributed by atoms with E-state index in [9.17, 15) is 18.0 Å². The van der Waals surface area contributed by atoms with Gasteiger partial charge in [-0.1, -0.05) is 12.1 Å². The fraction of sp³-hybridized carbons (Fsp3) is 0.533. The highest BCUT2D eigenvalue weighted by molar-refractivity contribution is 5.76. The van der Waals surface area contributed by atoms with Crippen molar-refractivity contribution in [1.82, 2.24) is 4.90 Å². The third-order valence-corrected chi connectivity index (χ3v) is 3.89. The Morgan fingerprint density at radius 3 is 2.52 bits per heavy atom. The first kappa shape index (κ1) is 15.7.